The molecule has 0 fully saturated rings. The molecule has 0 bridgehead atoms. The van der Waals surface area contributed by atoms with Crippen molar-refractivity contribution < 1.29 is 22.4 Å². The zero-order valence-electron chi connectivity index (χ0n) is 7.44. The Balaban J connectivity index is 2.93. The summed E-state index contributed by atoms with van der Waals surface area (Å²) in [5.41, 5.74) is -1.04. The maximum atomic E-state index is 13.0. The smallest absolute Gasteiger partial charge is 0.354 e. The number of alkyl halides is 3. The molecule has 0 saturated carbocycles. The van der Waals surface area contributed by atoms with E-state index in [1.807, 2.05) is 0 Å². The van der Waals surface area contributed by atoms with Crippen LogP contribution in [0, 0.1) is 5.82 Å². The van der Waals surface area contributed by atoms with E-state index >= 15 is 0 Å². The fourth-order valence-corrected chi connectivity index (χ4v) is 1.02. The molecule has 0 radical (unpaired) electrons. The Labute approximate surface area is 82.9 Å². The molecule has 2 nitrogen and oxygen atoms in total. The lowest BCUT2D eigenvalue weighted by Gasteiger charge is -2.08. The van der Waals surface area contributed by atoms with E-state index < -0.39 is 17.6 Å². The van der Waals surface area contributed by atoms with Crippen LogP contribution in [-0.4, -0.2) is 6.41 Å². The average Bonchev–Trinajstić information content (AvgIpc) is 2.14. The van der Waals surface area contributed by atoms with E-state index in [-0.39, 0.29) is 12.1 Å². The number of carbonyl (C=O) groups is 1. The minimum absolute atomic E-state index is 0.00935. The number of halogens is 4. The zero-order valence-corrected chi connectivity index (χ0v) is 7.44. The van der Waals surface area contributed by atoms with E-state index in [1.165, 1.54) is 0 Å². The maximum Gasteiger partial charge on any atom is 0.416 e. The van der Waals surface area contributed by atoms with Gasteiger partial charge in [-0.05, 0) is 12.1 Å². The molecule has 15 heavy (non-hydrogen) atoms. The second-order valence-electron chi connectivity index (χ2n) is 2.80. The summed E-state index contributed by atoms with van der Waals surface area (Å²) in [6.07, 6.45) is -4.21. The Morgan fingerprint density at radius 3 is 2.47 bits per heavy atom. The molecule has 1 rings (SSSR count). The first-order chi connectivity index (χ1) is 6.95. The summed E-state index contributed by atoms with van der Waals surface area (Å²) < 4.78 is 49.4. The SMILES string of the molecule is O=CNCc1ccc(C(F)(F)F)cc1F. The van der Waals surface area contributed by atoms with Gasteiger partial charge in [-0.1, -0.05) is 6.07 Å². The summed E-state index contributed by atoms with van der Waals surface area (Å²) in [5.74, 6) is -0.987. The number of nitrogens with one attached hydrogen (secondary N) is 1. The number of rotatable bonds is 3. The van der Waals surface area contributed by atoms with Crippen molar-refractivity contribution in [1.82, 2.24) is 5.32 Å². The number of benzene rings is 1. The van der Waals surface area contributed by atoms with Gasteiger partial charge in [0, 0.05) is 12.1 Å². The van der Waals surface area contributed by atoms with E-state index in [2.05, 4.69) is 5.32 Å². The van der Waals surface area contributed by atoms with Crippen LogP contribution >= 0.6 is 0 Å². The molecule has 0 aliphatic rings. The zero-order chi connectivity index (χ0) is 11.5. The van der Waals surface area contributed by atoms with Gasteiger partial charge in [-0.2, -0.15) is 13.2 Å². The highest BCUT2D eigenvalue weighted by molar-refractivity contribution is 5.46. The Kier molecular flexibility index (Phi) is 3.28. The molecule has 1 aromatic rings. The van der Waals surface area contributed by atoms with Crippen molar-refractivity contribution >= 4 is 6.41 Å². The van der Waals surface area contributed by atoms with Gasteiger partial charge < -0.3 is 5.32 Å². The molecule has 0 saturated heterocycles. The number of hydrogen-bond donors (Lipinski definition) is 1. The Morgan fingerprint density at radius 2 is 2.00 bits per heavy atom. The van der Waals surface area contributed by atoms with Crippen molar-refractivity contribution in [3.63, 3.8) is 0 Å². The van der Waals surface area contributed by atoms with Crippen molar-refractivity contribution in [3.05, 3.63) is 35.1 Å². The summed E-state index contributed by atoms with van der Waals surface area (Å²) in [6.45, 7) is -0.131. The molecule has 0 aliphatic heterocycles. The van der Waals surface area contributed by atoms with Crippen LogP contribution in [0.1, 0.15) is 11.1 Å². The van der Waals surface area contributed by atoms with Crippen LogP contribution in [0.5, 0.6) is 0 Å². The predicted octanol–water partition coefficient (Wildman–Crippen LogP) is 2.09. The Morgan fingerprint density at radius 1 is 1.33 bits per heavy atom. The fraction of sp³-hybridized carbons (Fsp3) is 0.222. The number of amides is 1. The highest BCUT2D eigenvalue weighted by atomic mass is 19.4. The van der Waals surface area contributed by atoms with Gasteiger partial charge in [0.05, 0.1) is 5.56 Å². The lowest BCUT2D eigenvalue weighted by atomic mass is 10.1. The fourth-order valence-electron chi connectivity index (χ4n) is 1.02. The molecule has 1 amide bonds. The van der Waals surface area contributed by atoms with Gasteiger partial charge in [-0.15, -0.1) is 0 Å². The topological polar surface area (TPSA) is 29.1 Å². The summed E-state index contributed by atoms with van der Waals surface area (Å²) >= 11 is 0. The normalized spacial score (nSPS) is 11.2. The van der Waals surface area contributed by atoms with Crippen LogP contribution < -0.4 is 5.32 Å². The molecule has 6 heteroatoms. The second kappa shape index (κ2) is 4.29. The third kappa shape index (κ3) is 2.93. The molecular weight excluding hydrogens is 214 g/mol. The Hall–Kier alpha value is -1.59. The molecule has 1 aromatic carbocycles. The quantitative estimate of drug-likeness (QED) is 0.614. The first-order valence-corrected chi connectivity index (χ1v) is 3.98. The standard InChI is InChI=1S/C9H7F4NO/c10-8-3-7(9(11,12)13)2-1-6(8)4-14-5-15/h1-3,5H,4H2,(H,14,15). The first kappa shape index (κ1) is 11.5. The van der Waals surface area contributed by atoms with Gasteiger partial charge in [0.2, 0.25) is 6.41 Å². The van der Waals surface area contributed by atoms with E-state index in [0.717, 1.165) is 12.1 Å². The van der Waals surface area contributed by atoms with Gasteiger partial charge in [0.25, 0.3) is 0 Å². The summed E-state index contributed by atoms with van der Waals surface area (Å²) in [7, 11) is 0. The molecule has 0 aromatic heterocycles. The molecule has 0 aliphatic carbocycles. The van der Waals surface area contributed by atoms with E-state index in [1.54, 1.807) is 0 Å². The monoisotopic (exact) mass is 221 g/mol. The molecule has 0 atom stereocenters. The van der Waals surface area contributed by atoms with E-state index in [4.69, 9.17) is 0 Å². The van der Waals surface area contributed by atoms with Crippen molar-refractivity contribution in [2.24, 2.45) is 0 Å². The first-order valence-electron chi connectivity index (χ1n) is 3.98. The third-order valence-electron chi connectivity index (χ3n) is 1.76. The van der Waals surface area contributed by atoms with Crippen LogP contribution in [-0.2, 0) is 17.5 Å². The molecule has 0 heterocycles. The van der Waals surface area contributed by atoms with Crippen molar-refractivity contribution in [3.8, 4) is 0 Å². The minimum Gasteiger partial charge on any atom is -0.354 e. The Bertz CT molecular complexity index is 362. The van der Waals surface area contributed by atoms with Crippen molar-refractivity contribution in [2.45, 2.75) is 12.7 Å². The van der Waals surface area contributed by atoms with Crippen LogP contribution in [0.4, 0.5) is 17.6 Å². The highest BCUT2D eigenvalue weighted by Gasteiger charge is 2.31. The molecule has 1 N–H and O–H groups in total. The van der Waals surface area contributed by atoms with Crippen LogP contribution in [0.25, 0.3) is 0 Å². The molecule has 0 spiro atoms. The van der Waals surface area contributed by atoms with Gasteiger partial charge in [-0.25, -0.2) is 4.39 Å². The molecular formula is C9H7F4NO. The average molecular weight is 221 g/mol. The lowest BCUT2D eigenvalue weighted by molar-refractivity contribution is -0.137. The highest BCUT2D eigenvalue weighted by Crippen LogP contribution is 2.30. The third-order valence-corrected chi connectivity index (χ3v) is 1.76. The summed E-state index contributed by atoms with van der Waals surface area (Å²) in [4.78, 5) is 9.90. The lowest BCUT2D eigenvalue weighted by Crippen LogP contribution is -2.12. The predicted molar refractivity (Wildman–Crippen MR) is 44.3 cm³/mol. The van der Waals surface area contributed by atoms with Gasteiger partial charge in [0.15, 0.2) is 0 Å². The van der Waals surface area contributed by atoms with Gasteiger partial charge in [-0.3, -0.25) is 4.79 Å². The van der Waals surface area contributed by atoms with Crippen molar-refractivity contribution in [1.29, 1.82) is 0 Å². The minimum atomic E-state index is -4.56. The summed E-state index contributed by atoms with van der Waals surface area (Å²) in [5, 5.41) is 2.16. The van der Waals surface area contributed by atoms with Crippen LogP contribution in [0.15, 0.2) is 18.2 Å². The number of hydrogen-bond acceptors (Lipinski definition) is 1. The second-order valence-corrected chi connectivity index (χ2v) is 2.80. The van der Waals surface area contributed by atoms with E-state index in [9.17, 15) is 22.4 Å². The van der Waals surface area contributed by atoms with Gasteiger partial charge in [0.1, 0.15) is 5.82 Å². The molecule has 0 unspecified atom stereocenters. The van der Waals surface area contributed by atoms with Crippen LogP contribution in [0.2, 0.25) is 0 Å². The largest absolute Gasteiger partial charge is 0.416 e. The van der Waals surface area contributed by atoms with Crippen molar-refractivity contribution in [2.75, 3.05) is 0 Å². The van der Waals surface area contributed by atoms with E-state index in [0.29, 0.717) is 12.5 Å². The maximum absolute atomic E-state index is 13.0. The summed E-state index contributed by atoms with van der Waals surface area (Å²) in [6, 6.07) is 2.17. The van der Waals surface area contributed by atoms with Gasteiger partial charge >= 0.3 is 6.18 Å². The number of carbonyl (C=O) groups excluding carboxylic acids is 1. The van der Waals surface area contributed by atoms with Crippen LogP contribution in [0.3, 0.4) is 0 Å². The molecule has 82 valence electrons.